The third kappa shape index (κ3) is 3.57. The van der Waals surface area contributed by atoms with Gasteiger partial charge in [-0.15, -0.1) is 0 Å². The van der Waals surface area contributed by atoms with E-state index in [2.05, 4.69) is 20.7 Å². The number of benzene rings is 2. The highest BCUT2D eigenvalue weighted by molar-refractivity contribution is 6.09. The Balaban J connectivity index is 1.96. The normalized spacial score (nSPS) is 10.8. The van der Waals surface area contributed by atoms with Gasteiger partial charge in [-0.25, -0.2) is 0 Å². The molecular weight excluding hydrogens is 378 g/mol. The molecule has 7 heteroatoms. The molecule has 2 N–H and O–H groups in total. The Kier molecular flexibility index (Phi) is 5.34. The monoisotopic (exact) mass is 401 g/mol. The van der Waals surface area contributed by atoms with Crippen LogP contribution in [0.15, 0.2) is 60.9 Å². The van der Waals surface area contributed by atoms with Gasteiger partial charge in [0.1, 0.15) is 5.75 Å². The molecule has 0 atom stereocenters. The van der Waals surface area contributed by atoms with Gasteiger partial charge in [-0.2, -0.15) is 5.10 Å². The lowest BCUT2D eigenvalue weighted by atomic mass is 10.0. The number of aromatic nitrogens is 3. The van der Waals surface area contributed by atoms with E-state index in [1.165, 1.54) is 0 Å². The molecule has 30 heavy (non-hydrogen) atoms. The van der Waals surface area contributed by atoms with E-state index in [0.29, 0.717) is 17.0 Å². The van der Waals surface area contributed by atoms with Crippen molar-refractivity contribution in [1.29, 1.82) is 0 Å². The van der Waals surface area contributed by atoms with Gasteiger partial charge in [0, 0.05) is 48.7 Å². The fraction of sp³-hybridized carbons (Fsp3) is 0.174. The molecule has 2 heterocycles. The van der Waals surface area contributed by atoms with E-state index in [1.807, 2.05) is 66.3 Å². The predicted molar refractivity (Wildman–Crippen MR) is 118 cm³/mol. The Bertz CT molecular complexity index is 1200. The zero-order chi connectivity index (χ0) is 21.1. The minimum Gasteiger partial charge on any atom is -0.496 e. The van der Waals surface area contributed by atoms with Crippen molar-refractivity contribution >= 4 is 28.2 Å². The highest BCUT2D eigenvalue weighted by Gasteiger charge is 2.19. The lowest BCUT2D eigenvalue weighted by molar-refractivity contribution is 0.0963. The maximum Gasteiger partial charge on any atom is 0.254 e. The first-order valence-electron chi connectivity index (χ1n) is 9.73. The molecule has 1 amide bonds. The minimum atomic E-state index is -0.213. The summed E-state index contributed by atoms with van der Waals surface area (Å²) in [6, 6.07) is 15.5. The fourth-order valence-corrected chi connectivity index (χ4v) is 3.38. The summed E-state index contributed by atoms with van der Waals surface area (Å²) >= 11 is 0. The number of para-hydroxylation sites is 1. The summed E-state index contributed by atoms with van der Waals surface area (Å²) < 4.78 is 7.48. The molecule has 0 radical (unpaired) electrons. The topological polar surface area (TPSA) is 81.1 Å². The molecule has 2 aromatic carbocycles. The second-order valence-corrected chi connectivity index (χ2v) is 6.74. The number of ether oxygens (including phenoxy) is 1. The average Bonchev–Trinajstić information content (AvgIpc) is 3.27. The molecule has 4 rings (SSSR count). The van der Waals surface area contributed by atoms with E-state index in [1.54, 1.807) is 20.4 Å². The number of aryl methyl sites for hydroxylation is 1. The first-order valence-corrected chi connectivity index (χ1v) is 9.73. The Morgan fingerprint density at radius 1 is 1.17 bits per heavy atom. The maximum absolute atomic E-state index is 12.6. The number of nitrogens with one attached hydrogen (secondary N) is 2. The number of pyridine rings is 1. The van der Waals surface area contributed by atoms with Crippen molar-refractivity contribution in [3.05, 3.63) is 66.5 Å². The lowest BCUT2D eigenvalue weighted by Gasteiger charge is -2.16. The van der Waals surface area contributed by atoms with Crippen LogP contribution in [0.25, 0.3) is 22.2 Å². The number of fused-ring (bicyclic) bond motifs is 1. The number of carbonyl (C=O) groups excluding carboxylic acids is 1. The molecule has 0 saturated carbocycles. The van der Waals surface area contributed by atoms with Crippen LogP contribution in [0.1, 0.15) is 17.3 Å². The largest absolute Gasteiger partial charge is 0.496 e. The van der Waals surface area contributed by atoms with Crippen LogP contribution < -0.4 is 15.4 Å². The first-order chi connectivity index (χ1) is 14.6. The minimum absolute atomic E-state index is 0.213. The first kappa shape index (κ1) is 19.4. The molecular formula is C23H23N5O2. The maximum atomic E-state index is 12.6. The third-order valence-corrected chi connectivity index (χ3v) is 4.94. The van der Waals surface area contributed by atoms with Crippen LogP contribution in [0.3, 0.4) is 0 Å². The van der Waals surface area contributed by atoms with Crippen molar-refractivity contribution in [3.8, 4) is 17.0 Å². The van der Waals surface area contributed by atoms with Gasteiger partial charge in [-0.1, -0.05) is 18.2 Å². The molecule has 4 aromatic rings. The SMILES string of the molecule is CCn1ccc(-c2cc3c(Nc4ccccc4)c(C(=O)NC)cnc3cc2OC)n1. The molecule has 7 nitrogen and oxygen atoms in total. The number of carbonyl (C=O) groups is 1. The van der Waals surface area contributed by atoms with Crippen molar-refractivity contribution < 1.29 is 9.53 Å². The molecule has 0 aliphatic heterocycles. The van der Waals surface area contributed by atoms with Gasteiger partial charge in [0.05, 0.1) is 29.6 Å². The van der Waals surface area contributed by atoms with Gasteiger partial charge in [0.2, 0.25) is 0 Å². The molecule has 0 spiro atoms. The summed E-state index contributed by atoms with van der Waals surface area (Å²) in [5.74, 6) is 0.463. The smallest absolute Gasteiger partial charge is 0.254 e. The van der Waals surface area contributed by atoms with Crippen LogP contribution in [-0.4, -0.2) is 34.8 Å². The van der Waals surface area contributed by atoms with Crippen molar-refractivity contribution in [2.75, 3.05) is 19.5 Å². The zero-order valence-corrected chi connectivity index (χ0v) is 17.1. The number of rotatable bonds is 6. The van der Waals surface area contributed by atoms with Crippen molar-refractivity contribution in [3.63, 3.8) is 0 Å². The van der Waals surface area contributed by atoms with E-state index in [4.69, 9.17) is 4.74 Å². The summed E-state index contributed by atoms with van der Waals surface area (Å²) in [5, 5.41) is 11.5. The molecule has 0 unspecified atom stereocenters. The zero-order valence-electron chi connectivity index (χ0n) is 17.1. The summed E-state index contributed by atoms with van der Waals surface area (Å²) in [7, 11) is 3.24. The van der Waals surface area contributed by atoms with Crippen LogP contribution in [0, 0.1) is 0 Å². The molecule has 0 aliphatic rings. The van der Waals surface area contributed by atoms with E-state index in [0.717, 1.165) is 34.4 Å². The second-order valence-electron chi connectivity index (χ2n) is 6.74. The molecule has 0 bridgehead atoms. The Morgan fingerprint density at radius 2 is 1.97 bits per heavy atom. The van der Waals surface area contributed by atoms with Crippen molar-refractivity contribution in [2.24, 2.45) is 0 Å². The summed E-state index contributed by atoms with van der Waals surface area (Å²) in [6.45, 7) is 2.81. The Labute approximate surface area is 174 Å². The van der Waals surface area contributed by atoms with Gasteiger partial charge < -0.3 is 15.4 Å². The lowest BCUT2D eigenvalue weighted by Crippen LogP contribution is -2.19. The number of anilines is 2. The Morgan fingerprint density at radius 3 is 2.63 bits per heavy atom. The van der Waals surface area contributed by atoms with Gasteiger partial charge in [-0.3, -0.25) is 14.5 Å². The number of amides is 1. The predicted octanol–water partition coefficient (Wildman–Crippen LogP) is 4.23. The Hall–Kier alpha value is -3.87. The third-order valence-electron chi connectivity index (χ3n) is 4.94. The van der Waals surface area contributed by atoms with Crippen molar-refractivity contribution in [1.82, 2.24) is 20.1 Å². The van der Waals surface area contributed by atoms with Gasteiger partial charge in [0.25, 0.3) is 5.91 Å². The standard InChI is InChI=1S/C23H23N5O2/c1-4-28-11-10-19(27-28)16-12-17-20(13-21(16)30-3)25-14-18(23(29)24-2)22(17)26-15-8-6-5-7-9-15/h5-14H,4H2,1-3H3,(H,24,29)(H,25,26). The molecule has 2 aromatic heterocycles. The molecule has 152 valence electrons. The van der Waals surface area contributed by atoms with Crippen LogP contribution in [0.2, 0.25) is 0 Å². The summed E-state index contributed by atoms with van der Waals surface area (Å²) in [4.78, 5) is 17.1. The summed E-state index contributed by atoms with van der Waals surface area (Å²) in [6.07, 6.45) is 3.51. The average molecular weight is 401 g/mol. The number of methoxy groups -OCH3 is 1. The second kappa shape index (κ2) is 8.24. The van der Waals surface area contributed by atoms with E-state index in [9.17, 15) is 4.79 Å². The fourth-order valence-electron chi connectivity index (χ4n) is 3.38. The van der Waals surface area contributed by atoms with E-state index >= 15 is 0 Å². The van der Waals surface area contributed by atoms with E-state index < -0.39 is 0 Å². The quantitative estimate of drug-likeness (QED) is 0.505. The van der Waals surface area contributed by atoms with Gasteiger partial charge in [0.15, 0.2) is 0 Å². The number of hydrogen-bond donors (Lipinski definition) is 2. The number of hydrogen-bond acceptors (Lipinski definition) is 5. The van der Waals surface area contributed by atoms with Crippen LogP contribution in [-0.2, 0) is 6.54 Å². The van der Waals surface area contributed by atoms with Gasteiger partial charge in [-0.05, 0) is 31.2 Å². The highest BCUT2D eigenvalue weighted by Crippen LogP contribution is 2.37. The number of nitrogens with zero attached hydrogens (tertiary/aromatic N) is 3. The van der Waals surface area contributed by atoms with Gasteiger partial charge >= 0.3 is 0 Å². The van der Waals surface area contributed by atoms with E-state index in [-0.39, 0.29) is 5.91 Å². The summed E-state index contributed by atoms with van der Waals surface area (Å²) in [5.41, 5.74) is 4.38. The highest BCUT2D eigenvalue weighted by atomic mass is 16.5. The van der Waals surface area contributed by atoms with Crippen molar-refractivity contribution in [2.45, 2.75) is 13.5 Å². The molecule has 0 fully saturated rings. The van der Waals surface area contributed by atoms with Crippen LogP contribution in [0.5, 0.6) is 5.75 Å². The van der Waals surface area contributed by atoms with Crippen LogP contribution >= 0.6 is 0 Å². The molecule has 0 saturated heterocycles. The van der Waals surface area contributed by atoms with Crippen LogP contribution in [0.4, 0.5) is 11.4 Å². The molecule has 0 aliphatic carbocycles.